The molecule has 0 aliphatic rings. The summed E-state index contributed by atoms with van der Waals surface area (Å²) in [6.07, 6.45) is 0. The van der Waals surface area contributed by atoms with Crippen molar-refractivity contribution in [3.05, 3.63) is 75.5 Å². The van der Waals surface area contributed by atoms with Gasteiger partial charge in [0.15, 0.2) is 11.0 Å². The van der Waals surface area contributed by atoms with E-state index in [0.29, 0.717) is 27.2 Å². The minimum absolute atomic E-state index is 0.130. The van der Waals surface area contributed by atoms with Crippen molar-refractivity contribution in [2.75, 3.05) is 0 Å². The van der Waals surface area contributed by atoms with Gasteiger partial charge in [-0.3, -0.25) is 4.79 Å². The van der Waals surface area contributed by atoms with Gasteiger partial charge in [0.05, 0.1) is 6.04 Å². The van der Waals surface area contributed by atoms with Crippen LogP contribution in [0.2, 0.25) is 10.0 Å². The third-order valence-corrected chi connectivity index (χ3v) is 6.16. The van der Waals surface area contributed by atoms with Crippen LogP contribution in [0.3, 0.4) is 0 Å². The molecular weight excluding hydrogens is 427 g/mol. The molecule has 0 aliphatic heterocycles. The first-order valence-corrected chi connectivity index (χ1v) is 10.9. The number of nitrogens with one attached hydrogen (secondary N) is 1. The zero-order valence-electron chi connectivity index (χ0n) is 16.4. The van der Waals surface area contributed by atoms with Gasteiger partial charge in [0.1, 0.15) is 0 Å². The fourth-order valence-electron chi connectivity index (χ4n) is 2.85. The molecule has 0 bridgehead atoms. The number of thioether (sulfide) groups is 1. The lowest BCUT2D eigenvalue weighted by atomic mass is 10.0. The van der Waals surface area contributed by atoms with Gasteiger partial charge in [0.2, 0.25) is 0 Å². The van der Waals surface area contributed by atoms with Gasteiger partial charge in [-0.2, -0.15) is 0 Å². The fraction of sp³-hybridized carbons (Fsp3) is 0.286. The van der Waals surface area contributed by atoms with Crippen LogP contribution in [0.25, 0.3) is 0 Å². The van der Waals surface area contributed by atoms with E-state index in [9.17, 15) is 4.79 Å². The summed E-state index contributed by atoms with van der Waals surface area (Å²) in [4.78, 5) is 12.6. The van der Waals surface area contributed by atoms with E-state index in [1.165, 1.54) is 11.8 Å². The number of carbonyl (C=O) groups is 1. The molecule has 1 heterocycles. The Morgan fingerprint density at radius 2 is 1.86 bits per heavy atom. The van der Waals surface area contributed by atoms with Gasteiger partial charge in [-0.15, -0.1) is 10.2 Å². The van der Waals surface area contributed by atoms with E-state index in [1.54, 1.807) is 18.2 Å². The molecule has 0 saturated heterocycles. The van der Waals surface area contributed by atoms with Crippen LogP contribution in [0, 0.1) is 5.92 Å². The average Bonchev–Trinajstić information content (AvgIpc) is 3.06. The molecule has 0 saturated carbocycles. The number of amides is 1. The van der Waals surface area contributed by atoms with Gasteiger partial charge in [-0.1, -0.05) is 73.1 Å². The second-order valence-corrected chi connectivity index (χ2v) is 8.77. The molecule has 2 aromatic carbocycles. The van der Waals surface area contributed by atoms with Crippen molar-refractivity contribution in [2.24, 2.45) is 13.0 Å². The van der Waals surface area contributed by atoms with E-state index in [1.807, 2.05) is 55.8 Å². The highest BCUT2D eigenvalue weighted by Gasteiger charge is 2.25. The van der Waals surface area contributed by atoms with Crippen LogP contribution >= 0.6 is 35.0 Å². The van der Waals surface area contributed by atoms with Crippen LogP contribution in [-0.4, -0.2) is 20.7 Å². The Hall–Kier alpha value is -2.02. The lowest BCUT2D eigenvalue weighted by Crippen LogP contribution is -2.33. The Kier molecular flexibility index (Phi) is 7.22. The Bertz CT molecular complexity index is 992. The van der Waals surface area contributed by atoms with Crippen LogP contribution in [0.4, 0.5) is 0 Å². The van der Waals surface area contributed by atoms with Crippen molar-refractivity contribution >= 4 is 40.9 Å². The fourth-order valence-corrected chi connectivity index (χ4v) is 4.32. The van der Waals surface area contributed by atoms with Crippen LogP contribution in [-0.2, 0) is 12.8 Å². The quantitative estimate of drug-likeness (QED) is 0.481. The molecule has 152 valence electrons. The SMILES string of the molecule is CC(C)[C@H](NC(=O)c1ccccc1)c1nnc(SCc2ccc(Cl)cc2Cl)n1C. The predicted molar refractivity (Wildman–Crippen MR) is 119 cm³/mol. The number of rotatable bonds is 7. The minimum Gasteiger partial charge on any atom is -0.342 e. The third kappa shape index (κ3) is 5.32. The van der Waals surface area contributed by atoms with Crippen molar-refractivity contribution in [1.29, 1.82) is 0 Å². The molecule has 0 radical (unpaired) electrons. The van der Waals surface area contributed by atoms with Gasteiger partial charge in [0.25, 0.3) is 5.91 Å². The van der Waals surface area contributed by atoms with Gasteiger partial charge >= 0.3 is 0 Å². The first-order valence-electron chi connectivity index (χ1n) is 9.18. The van der Waals surface area contributed by atoms with Crippen LogP contribution in [0.15, 0.2) is 53.7 Å². The summed E-state index contributed by atoms with van der Waals surface area (Å²) in [6.45, 7) is 4.09. The normalized spacial score (nSPS) is 12.2. The van der Waals surface area contributed by atoms with E-state index >= 15 is 0 Å². The number of halogens is 2. The molecule has 0 spiro atoms. The van der Waals surface area contributed by atoms with Gasteiger partial charge in [0, 0.05) is 28.4 Å². The molecule has 1 amide bonds. The molecule has 8 heteroatoms. The number of carbonyl (C=O) groups excluding carboxylic acids is 1. The molecule has 1 aromatic heterocycles. The molecule has 3 rings (SSSR count). The molecule has 0 unspecified atom stereocenters. The first-order chi connectivity index (χ1) is 13.9. The van der Waals surface area contributed by atoms with Crippen molar-refractivity contribution in [2.45, 2.75) is 30.8 Å². The standard InChI is InChI=1S/C21H22Cl2N4OS/c1-13(2)18(24-20(28)14-7-5-4-6-8-14)19-25-26-21(27(19)3)29-12-15-9-10-16(22)11-17(15)23/h4-11,13,18H,12H2,1-3H3,(H,24,28)/t18-/m0/s1. The van der Waals surface area contributed by atoms with Gasteiger partial charge in [-0.25, -0.2) is 0 Å². The summed E-state index contributed by atoms with van der Waals surface area (Å²) < 4.78 is 1.92. The monoisotopic (exact) mass is 448 g/mol. The molecule has 3 aromatic rings. The van der Waals surface area contributed by atoms with E-state index in [2.05, 4.69) is 15.5 Å². The van der Waals surface area contributed by atoms with Crippen LogP contribution < -0.4 is 5.32 Å². The number of benzene rings is 2. The van der Waals surface area contributed by atoms with Crippen molar-refractivity contribution in [3.63, 3.8) is 0 Å². The van der Waals surface area contributed by atoms with Gasteiger partial charge < -0.3 is 9.88 Å². The molecule has 29 heavy (non-hydrogen) atoms. The second kappa shape index (κ2) is 9.65. The van der Waals surface area contributed by atoms with Crippen molar-refractivity contribution in [3.8, 4) is 0 Å². The zero-order valence-corrected chi connectivity index (χ0v) is 18.7. The first kappa shape index (κ1) is 21.7. The Morgan fingerprint density at radius 3 is 2.52 bits per heavy atom. The number of nitrogens with zero attached hydrogens (tertiary/aromatic N) is 3. The summed E-state index contributed by atoms with van der Waals surface area (Å²) in [5.41, 5.74) is 1.59. The number of hydrogen-bond acceptors (Lipinski definition) is 4. The summed E-state index contributed by atoms with van der Waals surface area (Å²) in [6, 6.07) is 14.4. The highest BCUT2D eigenvalue weighted by molar-refractivity contribution is 7.98. The molecule has 0 fully saturated rings. The highest BCUT2D eigenvalue weighted by atomic mass is 35.5. The summed E-state index contributed by atoms with van der Waals surface area (Å²) in [5, 5.41) is 13.8. The maximum Gasteiger partial charge on any atom is 0.251 e. The zero-order chi connectivity index (χ0) is 21.0. The Labute approximate surface area is 184 Å². The third-order valence-electron chi connectivity index (χ3n) is 4.51. The number of hydrogen-bond donors (Lipinski definition) is 1. The molecular formula is C21H22Cl2N4OS. The van der Waals surface area contributed by atoms with Crippen LogP contribution in [0.1, 0.15) is 41.6 Å². The summed E-state index contributed by atoms with van der Waals surface area (Å²) >= 11 is 13.8. The number of aromatic nitrogens is 3. The van der Waals surface area contributed by atoms with Crippen molar-refractivity contribution < 1.29 is 4.79 Å². The predicted octanol–water partition coefficient (Wildman–Crippen LogP) is 5.54. The maximum atomic E-state index is 12.6. The van der Waals surface area contributed by atoms with Crippen molar-refractivity contribution in [1.82, 2.24) is 20.1 Å². The molecule has 1 N–H and O–H groups in total. The van der Waals surface area contributed by atoms with E-state index < -0.39 is 0 Å². The lowest BCUT2D eigenvalue weighted by molar-refractivity contribution is 0.0922. The minimum atomic E-state index is -0.256. The molecule has 5 nitrogen and oxygen atoms in total. The topological polar surface area (TPSA) is 59.8 Å². The summed E-state index contributed by atoms with van der Waals surface area (Å²) in [5.74, 6) is 1.38. The Balaban J connectivity index is 1.75. The van der Waals surface area contributed by atoms with E-state index in [4.69, 9.17) is 23.2 Å². The van der Waals surface area contributed by atoms with E-state index in [-0.39, 0.29) is 17.9 Å². The average molecular weight is 449 g/mol. The van der Waals surface area contributed by atoms with Gasteiger partial charge in [-0.05, 0) is 35.7 Å². The second-order valence-electron chi connectivity index (χ2n) is 6.99. The Morgan fingerprint density at radius 1 is 1.14 bits per heavy atom. The molecule has 0 aliphatic carbocycles. The highest BCUT2D eigenvalue weighted by Crippen LogP contribution is 2.29. The summed E-state index contributed by atoms with van der Waals surface area (Å²) in [7, 11) is 1.91. The largest absolute Gasteiger partial charge is 0.342 e. The van der Waals surface area contributed by atoms with E-state index in [0.717, 1.165) is 10.7 Å². The molecule has 1 atom stereocenters. The smallest absolute Gasteiger partial charge is 0.251 e. The lowest BCUT2D eigenvalue weighted by Gasteiger charge is -2.21. The maximum absolute atomic E-state index is 12.6. The van der Waals surface area contributed by atoms with Crippen LogP contribution in [0.5, 0.6) is 0 Å².